The van der Waals surface area contributed by atoms with Gasteiger partial charge < -0.3 is 9.84 Å². The second-order valence-corrected chi connectivity index (χ2v) is 3.15. The number of hydrogen-bond donors (Lipinski definition) is 1. The minimum absolute atomic E-state index is 0.0954. The van der Waals surface area contributed by atoms with Crippen LogP contribution >= 0.6 is 0 Å². The van der Waals surface area contributed by atoms with Crippen LogP contribution in [0.25, 0.3) is 5.57 Å². The van der Waals surface area contributed by atoms with E-state index in [4.69, 9.17) is 0 Å². The van der Waals surface area contributed by atoms with Gasteiger partial charge in [0.2, 0.25) is 0 Å². The summed E-state index contributed by atoms with van der Waals surface area (Å²) in [7, 11) is 1.31. The Balaban J connectivity index is 2.51. The largest absolute Gasteiger partial charge is 0.511 e. The molecular formula is C11H10O3. The zero-order chi connectivity index (χ0) is 10.1. The zero-order valence-electron chi connectivity index (χ0n) is 7.78. The molecule has 0 radical (unpaired) electrons. The van der Waals surface area contributed by atoms with Crippen LogP contribution in [0.5, 0.6) is 0 Å². The molecule has 0 bridgehead atoms. The molecule has 0 fully saturated rings. The lowest BCUT2D eigenvalue weighted by atomic mass is 10.1. The number of ether oxygens (including phenoxy) is 1. The van der Waals surface area contributed by atoms with Crippen molar-refractivity contribution < 1.29 is 14.6 Å². The van der Waals surface area contributed by atoms with Crippen LogP contribution in [0.2, 0.25) is 0 Å². The van der Waals surface area contributed by atoms with Crippen molar-refractivity contribution in [1.29, 1.82) is 0 Å². The number of aliphatic hydroxyl groups excluding tert-OH is 1. The molecule has 14 heavy (non-hydrogen) atoms. The van der Waals surface area contributed by atoms with Crippen LogP contribution in [0.1, 0.15) is 11.1 Å². The third-order valence-corrected chi connectivity index (χ3v) is 2.32. The highest BCUT2D eigenvalue weighted by molar-refractivity contribution is 6.18. The third kappa shape index (κ3) is 1.18. The molecule has 0 aromatic heterocycles. The van der Waals surface area contributed by atoms with Crippen LogP contribution < -0.4 is 0 Å². The molecule has 72 valence electrons. The molecule has 0 saturated carbocycles. The number of benzene rings is 1. The van der Waals surface area contributed by atoms with Crippen molar-refractivity contribution in [1.82, 2.24) is 0 Å². The summed E-state index contributed by atoms with van der Waals surface area (Å²) in [6.45, 7) is 0. The molecule has 0 atom stereocenters. The van der Waals surface area contributed by atoms with E-state index in [1.165, 1.54) is 7.11 Å². The van der Waals surface area contributed by atoms with Crippen molar-refractivity contribution in [3.63, 3.8) is 0 Å². The first kappa shape index (κ1) is 8.81. The Morgan fingerprint density at radius 2 is 2.14 bits per heavy atom. The first-order valence-electron chi connectivity index (χ1n) is 4.32. The minimum atomic E-state index is -0.479. The summed E-state index contributed by atoms with van der Waals surface area (Å²) in [6, 6.07) is 7.42. The molecule has 0 spiro atoms. The van der Waals surface area contributed by atoms with Gasteiger partial charge in [0, 0.05) is 6.42 Å². The van der Waals surface area contributed by atoms with Crippen LogP contribution in [-0.2, 0) is 16.0 Å². The van der Waals surface area contributed by atoms with Gasteiger partial charge in [-0.3, -0.25) is 0 Å². The number of carbonyl (C=O) groups excluding carboxylic acids is 1. The number of methoxy groups -OCH3 is 1. The first-order valence-corrected chi connectivity index (χ1v) is 4.32. The summed E-state index contributed by atoms with van der Waals surface area (Å²) in [5.74, 6) is -0.384. The number of hydrogen-bond acceptors (Lipinski definition) is 3. The third-order valence-electron chi connectivity index (χ3n) is 2.32. The smallest absolute Gasteiger partial charge is 0.341 e. The summed E-state index contributed by atoms with van der Waals surface area (Å²) in [5, 5.41) is 9.59. The van der Waals surface area contributed by atoms with E-state index in [1.54, 1.807) is 0 Å². The average Bonchev–Trinajstić information content (AvgIpc) is 2.53. The van der Waals surface area contributed by atoms with E-state index in [0.29, 0.717) is 12.0 Å². The Bertz CT molecular complexity index is 418. The first-order chi connectivity index (χ1) is 6.74. The average molecular weight is 190 g/mol. The molecule has 0 amide bonds. The van der Waals surface area contributed by atoms with E-state index in [9.17, 15) is 9.90 Å². The maximum atomic E-state index is 11.3. The van der Waals surface area contributed by atoms with Gasteiger partial charge in [-0.05, 0) is 11.1 Å². The van der Waals surface area contributed by atoms with Gasteiger partial charge in [0.25, 0.3) is 0 Å². The molecule has 1 aromatic rings. The van der Waals surface area contributed by atoms with Gasteiger partial charge >= 0.3 is 5.97 Å². The SMILES string of the molecule is COC(=O)C1=C(O)Cc2ccccc21. The van der Waals surface area contributed by atoms with Crippen molar-refractivity contribution in [2.45, 2.75) is 6.42 Å². The predicted molar refractivity (Wildman–Crippen MR) is 51.7 cm³/mol. The summed E-state index contributed by atoms with van der Waals surface area (Å²) in [5.41, 5.74) is 2.03. The minimum Gasteiger partial charge on any atom is -0.511 e. The van der Waals surface area contributed by atoms with Crippen molar-refractivity contribution in [3.05, 3.63) is 41.2 Å². The van der Waals surface area contributed by atoms with Crippen LogP contribution in [0.3, 0.4) is 0 Å². The summed E-state index contributed by atoms with van der Waals surface area (Å²) in [4.78, 5) is 11.3. The molecule has 3 nitrogen and oxygen atoms in total. The van der Waals surface area contributed by atoms with Crippen LogP contribution in [0, 0.1) is 0 Å². The quantitative estimate of drug-likeness (QED) is 0.685. The Morgan fingerprint density at radius 1 is 1.43 bits per heavy atom. The highest BCUT2D eigenvalue weighted by atomic mass is 16.5. The van der Waals surface area contributed by atoms with Gasteiger partial charge in [-0.15, -0.1) is 0 Å². The van der Waals surface area contributed by atoms with E-state index in [-0.39, 0.29) is 5.76 Å². The van der Waals surface area contributed by atoms with E-state index in [2.05, 4.69) is 4.74 Å². The van der Waals surface area contributed by atoms with Gasteiger partial charge in [-0.1, -0.05) is 24.3 Å². The highest BCUT2D eigenvalue weighted by Gasteiger charge is 2.26. The normalized spacial score (nSPS) is 14.1. The molecule has 0 saturated heterocycles. The van der Waals surface area contributed by atoms with E-state index >= 15 is 0 Å². The van der Waals surface area contributed by atoms with E-state index < -0.39 is 5.97 Å². The van der Waals surface area contributed by atoms with E-state index in [1.807, 2.05) is 24.3 Å². The molecular weight excluding hydrogens is 180 g/mol. The Hall–Kier alpha value is -1.77. The van der Waals surface area contributed by atoms with E-state index in [0.717, 1.165) is 11.1 Å². The lowest BCUT2D eigenvalue weighted by Crippen LogP contribution is -2.03. The summed E-state index contributed by atoms with van der Waals surface area (Å²) >= 11 is 0. The lowest BCUT2D eigenvalue weighted by Gasteiger charge is -2.02. The predicted octanol–water partition coefficient (Wildman–Crippen LogP) is 1.68. The molecule has 2 rings (SSSR count). The molecule has 0 aliphatic heterocycles. The summed E-state index contributed by atoms with van der Waals surface area (Å²) < 4.78 is 4.60. The van der Waals surface area contributed by atoms with Crippen molar-refractivity contribution in [2.24, 2.45) is 0 Å². The molecule has 1 aliphatic rings. The van der Waals surface area contributed by atoms with Gasteiger partial charge in [0.05, 0.1) is 7.11 Å². The van der Waals surface area contributed by atoms with Crippen LogP contribution in [0.15, 0.2) is 30.0 Å². The number of aliphatic hydroxyl groups is 1. The second-order valence-electron chi connectivity index (χ2n) is 3.15. The van der Waals surface area contributed by atoms with Crippen LogP contribution in [0.4, 0.5) is 0 Å². The molecule has 3 heteroatoms. The number of carbonyl (C=O) groups is 1. The maximum absolute atomic E-state index is 11.3. The fourth-order valence-electron chi connectivity index (χ4n) is 1.67. The molecule has 0 unspecified atom stereocenters. The Kier molecular flexibility index (Phi) is 2.00. The van der Waals surface area contributed by atoms with Crippen molar-refractivity contribution >= 4 is 11.5 Å². The fourth-order valence-corrected chi connectivity index (χ4v) is 1.67. The standard InChI is InChI=1S/C11H10O3/c1-14-11(13)10-8-5-3-2-4-7(8)6-9(10)12/h2-5,12H,6H2,1H3. The van der Waals surface area contributed by atoms with Gasteiger partial charge in [0.15, 0.2) is 0 Å². The van der Waals surface area contributed by atoms with Crippen molar-refractivity contribution in [3.8, 4) is 0 Å². The second kappa shape index (κ2) is 3.18. The summed E-state index contributed by atoms with van der Waals surface area (Å²) in [6.07, 6.45) is 0.417. The Labute approximate surface area is 81.6 Å². The molecule has 1 aromatic carbocycles. The topological polar surface area (TPSA) is 46.5 Å². The molecule has 0 heterocycles. The monoisotopic (exact) mass is 190 g/mol. The van der Waals surface area contributed by atoms with Gasteiger partial charge in [-0.25, -0.2) is 4.79 Å². The van der Waals surface area contributed by atoms with Crippen molar-refractivity contribution in [2.75, 3.05) is 7.11 Å². The molecule has 1 aliphatic carbocycles. The number of esters is 1. The lowest BCUT2D eigenvalue weighted by molar-refractivity contribution is -0.133. The Morgan fingerprint density at radius 3 is 2.86 bits per heavy atom. The molecule has 1 N–H and O–H groups in total. The number of rotatable bonds is 1. The zero-order valence-corrected chi connectivity index (χ0v) is 7.78. The fraction of sp³-hybridized carbons (Fsp3) is 0.182. The maximum Gasteiger partial charge on any atom is 0.341 e. The van der Waals surface area contributed by atoms with Gasteiger partial charge in [0.1, 0.15) is 11.3 Å². The van der Waals surface area contributed by atoms with Crippen LogP contribution in [-0.4, -0.2) is 18.2 Å². The number of allylic oxidation sites excluding steroid dienone is 1. The number of fused-ring (bicyclic) bond motifs is 1. The van der Waals surface area contributed by atoms with Gasteiger partial charge in [-0.2, -0.15) is 0 Å². The highest BCUT2D eigenvalue weighted by Crippen LogP contribution is 2.31.